The summed E-state index contributed by atoms with van der Waals surface area (Å²) in [7, 11) is 0. The van der Waals surface area contributed by atoms with Crippen molar-refractivity contribution in [3.05, 3.63) is 12.0 Å². The van der Waals surface area contributed by atoms with E-state index in [0.717, 1.165) is 0 Å². The van der Waals surface area contributed by atoms with Gasteiger partial charge < -0.3 is 10.7 Å². The van der Waals surface area contributed by atoms with E-state index in [2.05, 4.69) is 15.1 Å². The fourth-order valence-corrected chi connectivity index (χ4v) is 0.497. The van der Waals surface area contributed by atoms with Crippen molar-refractivity contribution in [2.45, 2.75) is 0 Å². The first-order valence-electron chi connectivity index (χ1n) is 2.46. The first-order chi connectivity index (χ1) is 4.74. The molecule has 1 heterocycles. The van der Waals surface area contributed by atoms with Gasteiger partial charge in [0, 0.05) is 0 Å². The number of nitrogens with one attached hydrogen (secondary N) is 2. The van der Waals surface area contributed by atoms with Gasteiger partial charge in [-0.2, -0.15) is 0 Å². The minimum absolute atomic E-state index is 0.00694. The van der Waals surface area contributed by atoms with Crippen molar-refractivity contribution in [3.8, 4) is 0 Å². The maximum Gasteiger partial charge on any atom is 0.330 e. The van der Waals surface area contributed by atoms with E-state index in [-0.39, 0.29) is 11.6 Å². The summed E-state index contributed by atoms with van der Waals surface area (Å²) in [6, 6.07) is 0. The van der Waals surface area contributed by atoms with Crippen molar-refractivity contribution in [3.63, 3.8) is 0 Å². The number of carbonyl (C=O) groups excluding carboxylic acids is 1. The highest BCUT2D eigenvalue weighted by molar-refractivity contribution is 5.90. The quantitative estimate of drug-likeness (QED) is 0.482. The Morgan fingerprint density at radius 2 is 2.60 bits per heavy atom. The number of amides is 1. The predicted octanol–water partition coefficient (Wildman–Crippen LogP) is 0.163. The second-order valence-electron chi connectivity index (χ2n) is 1.60. The number of imidazole rings is 1. The first kappa shape index (κ1) is 6.40. The second kappa shape index (κ2) is 2.26. The molecule has 1 aromatic heterocycles. The molecular weight excluding hydrogens is 134 g/mol. The number of H-pyrrole nitrogens is 1. The van der Waals surface area contributed by atoms with E-state index in [4.69, 9.17) is 11.3 Å². The Bertz CT molecular complexity index is 264. The van der Waals surface area contributed by atoms with Crippen LogP contribution in [0.3, 0.4) is 0 Å². The number of aromatic nitrogens is 2. The number of anilines is 1. The van der Waals surface area contributed by atoms with Crippen LogP contribution in [0.4, 0.5) is 5.82 Å². The molecule has 0 aliphatic carbocycles. The van der Waals surface area contributed by atoms with Gasteiger partial charge in [-0.3, -0.25) is 4.79 Å². The third kappa shape index (κ3) is 0.993. The number of carbonyl (C=O) groups is 1. The highest BCUT2D eigenvalue weighted by atomic mass is 16.2. The van der Waals surface area contributed by atoms with Gasteiger partial charge >= 0.3 is 5.91 Å². The molecule has 0 saturated heterocycles. The summed E-state index contributed by atoms with van der Waals surface area (Å²) in [5.74, 6) is -0.448. The summed E-state index contributed by atoms with van der Waals surface area (Å²) in [4.78, 5) is 16.5. The number of rotatable bonds is 1. The van der Waals surface area contributed by atoms with Crippen LogP contribution in [0.1, 0.15) is 10.6 Å². The van der Waals surface area contributed by atoms with Crippen molar-refractivity contribution in [2.75, 3.05) is 5.73 Å². The van der Waals surface area contributed by atoms with E-state index in [9.17, 15) is 4.79 Å². The van der Waals surface area contributed by atoms with Gasteiger partial charge in [0.25, 0.3) is 0 Å². The van der Waals surface area contributed by atoms with E-state index in [1.165, 1.54) is 6.20 Å². The molecule has 1 aromatic rings. The summed E-state index contributed by atoms with van der Waals surface area (Å²) in [5.41, 5.74) is 11.5. The highest BCUT2D eigenvalue weighted by Gasteiger charge is 2.05. The maximum absolute atomic E-state index is 10.5. The molecule has 0 saturated carbocycles. The van der Waals surface area contributed by atoms with Crippen LogP contribution in [0.5, 0.6) is 0 Å². The van der Waals surface area contributed by atoms with Crippen molar-refractivity contribution < 1.29 is 4.79 Å². The van der Waals surface area contributed by atoms with E-state index in [1.54, 1.807) is 0 Å². The molecule has 52 valence electrons. The Morgan fingerprint density at radius 3 is 3.00 bits per heavy atom. The maximum atomic E-state index is 10.5. The number of nitrogens with two attached hydrogens (primary N) is 1. The van der Waals surface area contributed by atoms with E-state index >= 15 is 0 Å². The summed E-state index contributed by atoms with van der Waals surface area (Å²) in [5, 5.41) is 2.63. The third-order valence-electron chi connectivity index (χ3n) is 0.900. The number of aromatic amines is 1. The van der Waals surface area contributed by atoms with Gasteiger partial charge in [-0.15, -0.1) is 5.11 Å². The average molecular weight is 139 g/mol. The van der Waals surface area contributed by atoms with Crippen LogP contribution >= 0.6 is 0 Å². The first-order valence-corrected chi connectivity index (χ1v) is 2.46. The van der Waals surface area contributed by atoms with Crippen LogP contribution in [-0.4, -0.2) is 15.9 Å². The molecule has 6 nitrogen and oxygen atoms in total. The second-order valence-corrected chi connectivity index (χ2v) is 1.60. The molecule has 0 radical (unpaired) electrons. The van der Waals surface area contributed by atoms with Crippen LogP contribution in [0, 0.1) is 5.53 Å². The van der Waals surface area contributed by atoms with Gasteiger partial charge in [0.1, 0.15) is 5.82 Å². The summed E-state index contributed by atoms with van der Waals surface area (Å²) in [6.45, 7) is 0. The van der Waals surface area contributed by atoms with Crippen LogP contribution in [0.25, 0.3) is 0 Å². The smallest absolute Gasteiger partial charge is 0.330 e. The predicted molar refractivity (Wildman–Crippen MR) is 32.5 cm³/mol. The molecule has 0 aromatic carbocycles. The monoisotopic (exact) mass is 139 g/mol. The molecule has 0 aliphatic rings. The lowest BCUT2D eigenvalue weighted by molar-refractivity contribution is 0.0982. The molecule has 1 amide bonds. The SMILES string of the molecule is N=NC(=O)c1ncc(N)[nH]1. The van der Waals surface area contributed by atoms with E-state index in [0.29, 0.717) is 0 Å². The zero-order valence-corrected chi connectivity index (χ0v) is 4.96. The zero-order valence-electron chi connectivity index (χ0n) is 4.96. The molecule has 0 aliphatic heterocycles. The van der Waals surface area contributed by atoms with Crippen LogP contribution in [0.15, 0.2) is 11.3 Å². The number of nitrogens with zero attached hydrogens (tertiary/aromatic N) is 2. The molecular formula is C4H5N5O. The van der Waals surface area contributed by atoms with Gasteiger partial charge in [-0.25, -0.2) is 10.5 Å². The summed E-state index contributed by atoms with van der Waals surface area (Å²) < 4.78 is 0. The molecule has 0 spiro atoms. The van der Waals surface area contributed by atoms with Gasteiger partial charge in [-0.1, -0.05) is 0 Å². The van der Waals surface area contributed by atoms with Crippen molar-refractivity contribution in [1.29, 1.82) is 5.53 Å². The van der Waals surface area contributed by atoms with Gasteiger partial charge in [0.05, 0.1) is 6.20 Å². The van der Waals surface area contributed by atoms with Crippen LogP contribution in [0.2, 0.25) is 0 Å². The normalized spacial score (nSPS) is 9.20. The van der Waals surface area contributed by atoms with Crippen LogP contribution < -0.4 is 5.73 Å². The lowest BCUT2D eigenvalue weighted by Gasteiger charge is -1.82. The molecule has 4 N–H and O–H groups in total. The fraction of sp³-hybridized carbons (Fsp3) is 0. The molecule has 0 unspecified atom stereocenters. The Balaban J connectivity index is 2.95. The van der Waals surface area contributed by atoms with Gasteiger partial charge in [-0.05, 0) is 0 Å². The average Bonchev–Trinajstić information content (AvgIpc) is 2.34. The number of hydrogen-bond acceptors (Lipinski definition) is 4. The lowest BCUT2D eigenvalue weighted by atomic mass is 10.6. The Kier molecular flexibility index (Phi) is 1.44. The van der Waals surface area contributed by atoms with Crippen molar-refractivity contribution >= 4 is 11.7 Å². The zero-order chi connectivity index (χ0) is 7.56. The molecule has 0 bridgehead atoms. The molecule has 0 atom stereocenters. The van der Waals surface area contributed by atoms with Crippen LogP contribution in [-0.2, 0) is 0 Å². The fourth-order valence-electron chi connectivity index (χ4n) is 0.497. The van der Waals surface area contributed by atoms with Crippen molar-refractivity contribution in [2.24, 2.45) is 5.11 Å². The Morgan fingerprint density at radius 1 is 1.90 bits per heavy atom. The standard InChI is InChI=1S/C4H5N5O/c5-2-1-7-3(8-2)4(10)9-6/h1,6H,5H2,(H,7,8). The molecule has 1 rings (SSSR count). The van der Waals surface area contributed by atoms with E-state index in [1.807, 2.05) is 0 Å². The Hall–Kier alpha value is -1.72. The van der Waals surface area contributed by atoms with Gasteiger partial charge in [0.2, 0.25) is 5.82 Å². The molecule has 0 fully saturated rings. The molecule has 6 heteroatoms. The minimum atomic E-state index is -0.725. The van der Waals surface area contributed by atoms with Crippen molar-refractivity contribution in [1.82, 2.24) is 9.97 Å². The molecule has 10 heavy (non-hydrogen) atoms. The largest absolute Gasteiger partial charge is 0.384 e. The Labute approximate surface area is 56.0 Å². The highest BCUT2D eigenvalue weighted by Crippen LogP contribution is 1.98. The summed E-state index contributed by atoms with van der Waals surface area (Å²) >= 11 is 0. The number of hydrogen-bond donors (Lipinski definition) is 3. The van der Waals surface area contributed by atoms with Gasteiger partial charge in [0.15, 0.2) is 0 Å². The number of nitrogen functional groups attached to an aromatic ring is 1. The van der Waals surface area contributed by atoms with E-state index < -0.39 is 5.91 Å². The third-order valence-corrected chi connectivity index (χ3v) is 0.900. The summed E-state index contributed by atoms with van der Waals surface area (Å²) in [6.07, 6.45) is 1.29. The topological polar surface area (TPSA) is 108 Å². The lowest BCUT2D eigenvalue weighted by Crippen LogP contribution is -1.96. The minimum Gasteiger partial charge on any atom is -0.384 e.